The van der Waals surface area contributed by atoms with Crippen LogP contribution in [0.5, 0.6) is 0 Å². The molecule has 4 nitrogen and oxygen atoms in total. The number of ether oxygens (including phenoxy) is 2. The van der Waals surface area contributed by atoms with Crippen molar-refractivity contribution < 1.29 is 57.4 Å². The Kier molecular flexibility index (Phi) is 9.31. The van der Waals surface area contributed by atoms with E-state index < -0.39 is 11.2 Å². The third-order valence-electron chi connectivity index (χ3n) is 3.44. The number of rotatable bonds is 2. The average Bonchev–Trinajstić information content (AvgIpc) is 2.53. The largest absolute Gasteiger partial charge is 1.00 e. The molecule has 0 bridgehead atoms. The Morgan fingerprint density at radius 1 is 0.920 bits per heavy atom. The number of methoxy groups -OCH3 is 2. The van der Waals surface area contributed by atoms with E-state index in [1.165, 1.54) is 21.1 Å². The van der Waals surface area contributed by atoms with Gasteiger partial charge >= 0.3 is 37.7 Å². The van der Waals surface area contributed by atoms with E-state index in [-0.39, 0.29) is 59.3 Å². The molecular weight excluding hydrogens is 353 g/mol. The molecule has 0 amide bonds. The Balaban J connectivity index is 0.00000288. The second-order valence-electron chi connectivity index (χ2n) is 5.02. The Hall–Kier alpha value is -0.445. The van der Waals surface area contributed by atoms with E-state index >= 15 is 0 Å². The second kappa shape index (κ2) is 9.48. The first-order valence-electron chi connectivity index (χ1n) is 6.67. The Labute approximate surface area is 181 Å². The Morgan fingerprint density at radius 2 is 1.44 bits per heavy atom. The topological polar surface area (TPSA) is 64.6 Å². The van der Waals surface area contributed by atoms with Crippen molar-refractivity contribution in [2.75, 3.05) is 14.2 Å². The molecule has 1 aromatic rings. The molecular formula is C17H14Cl2Li2O4. The fourth-order valence-corrected chi connectivity index (χ4v) is 2.94. The molecule has 0 aromatic heterocycles. The summed E-state index contributed by atoms with van der Waals surface area (Å²) >= 11 is 12.2. The molecule has 2 atom stereocenters. The van der Waals surface area contributed by atoms with Crippen molar-refractivity contribution in [2.45, 2.75) is 18.1 Å². The van der Waals surface area contributed by atoms with Crippen molar-refractivity contribution in [3.63, 3.8) is 0 Å². The summed E-state index contributed by atoms with van der Waals surface area (Å²) in [6.45, 7) is 1.25. The van der Waals surface area contributed by atoms with E-state index in [4.69, 9.17) is 32.7 Å². The van der Waals surface area contributed by atoms with E-state index in [0.29, 0.717) is 5.56 Å². The third kappa shape index (κ3) is 4.46. The van der Waals surface area contributed by atoms with Crippen LogP contribution in [0.2, 0.25) is 0 Å². The van der Waals surface area contributed by atoms with E-state index in [9.17, 15) is 10.2 Å². The molecule has 1 aliphatic carbocycles. The van der Waals surface area contributed by atoms with Crippen LogP contribution in [0.1, 0.15) is 12.5 Å². The second-order valence-corrected chi connectivity index (χ2v) is 5.78. The van der Waals surface area contributed by atoms with Crippen LogP contribution in [-0.2, 0) is 9.47 Å². The van der Waals surface area contributed by atoms with E-state index in [0.717, 1.165) is 0 Å². The van der Waals surface area contributed by atoms with Gasteiger partial charge in [-0.25, -0.2) is 0 Å². The molecule has 0 radical (unpaired) electrons. The molecule has 2 unspecified atom stereocenters. The van der Waals surface area contributed by atoms with Crippen LogP contribution in [0, 0.1) is 11.8 Å². The van der Waals surface area contributed by atoms with Gasteiger partial charge in [0.05, 0.1) is 29.9 Å². The summed E-state index contributed by atoms with van der Waals surface area (Å²) in [4.78, 5) is 0. The van der Waals surface area contributed by atoms with Crippen LogP contribution in [-0.4, -0.2) is 25.4 Å². The molecule has 2 rings (SSSR count). The monoisotopic (exact) mass is 366 g/mol. The van der Waals surface area contributed by atoms with Gasteiger partial charge < -0.3 is 19.7 Å². The first-order valence-corrected chi connectivity index (χ1v) is 7.43. The maximum Gasteiger partial charge on any atom is 1.00 e. The summed E-state index contributed by atoms with van der Waals surface area (Å²) < 4.78 is 10.1. The van der Waals surface area contributed by atoms with Crippen molar-refractivity contribution in [3.8, 4) is 11.8 Å². The van der Waals surface area contributed by atoms with Gasteiger partial charge in [0.2, 0.25) is 0 Å². The fraction of sp³-hybridized carbons (Fsp3) is 0.294. The van der Waals surface area contributed by atoms with Crippen molar-refractivity contribution in [3.05, 3.63) is 57.5 Å². The summed E-state index contributed by atoms with van der Waals surface area (Å²) in [6.07, 6.45) is 0. The van der Waals surface area contributed by atoms with Crippen LogP contribution < -0.4 is 47.9 Å². The van der Waals surface area contributed by atoms with Crippen LogP contribution in [0.3, 0.4) is 0 Å². The first kappa shape index (κ1) is 24.6. The van der Waals surface area contributed by atoms with Gasteiger partial charge in [-0.15, -0.1) is 0 Å². The minimum Gasteiger partial charge on any atom is -0.840 e. The SMILES string of the molecule is COC1=C(Cl)C([O-])(C#Cc2ccccc2)C(OC)=C(Cl)C1(C)[O-].[Li+].[Li+]. The van der Waals surface area contributed by atoms with E-state index in [1.54, 1.807) is 24.3 Å². The van der Waals surface area contributed by atoms with Crippen LogP contribution >= 0.6 is 23.2 Å². The summed E-state index contributed by atoms with van der Waals surface area (Å²) in [5.74, 6) is 4.67. The molecule has 0 saturated carbocycles. The number of halogens is 2. The maximum atomic E-state index is 13.2. The molecule has 0 fully saturated rings. The third-order valence-corrected chi connectivity index (χ3v) is 4.41. The van der Waals surface area contributed by atoms with Gasteiger partial charge in [-0.3, -0.25) is 0 Å². The van der Waals surface area contributed by atoms with E-state index in [2.05, 4.69) is 11.8 Å². The van der Waals surface area contributed by atoms with Gasteiger partial charge in [0, 0.05) is 5.56 Å². The number of hydrogen-bond donors (Lipinski definition) is 0. The van der Waals surface area contributed by atoms with Gasteiger partial charge in [0.25, 0.3) is 0 Å². The van der Waals surface area contributed by atoms with Crippen molar-refractivity contribution >= 4 is 23.2 Å². The predicted molar refractivity (Wildman–Crippen MR) is 84.2 cm³/mol. The standard InChI is InChI=1S/C17H14Cl2O4.2Li/c1-16(20)12(18)15(23-3)17(21,13(19)14(16)22-2)10-9-11-7-5-4-6-8-11;;/h4-8H,1-3H3;;/q-2;2*+1. The summed E-state index contributed by atoms with van der Waals surface area (Å²) in [7, 11) is 2.49. The molecule has 0 aliphatic heterocycles. The average molecular weight is 367 g/mol. The van der Waals surface area contributed by atoms with Crippen LogP contribution in [0.15, 0.2) is 51.9 Å². The van der Waals surface area contributed by atoms with Gasteiger partial charge in [0.15, 0.2) is 0 Å². The van der Waals surface area contributed by atoms with Crippen molar-refractivity contribution in [1.82, 2.24) is 0 Å². The zero-order valence-electron chi connectivity index (χ0n) is 14.8. The Bertz CT molecular complexity index is 736. The number of benzene rings is 1. The molecule has 0 saturated heterocycles. The van der Waals surface area contributed by atoms with Gasteiger partial charge in [-0.05, 0) is 17.7 Å². The smallest absolute Gasteiger partial charge is 0.840 e. The zero-order valence-corrected chi connectivity index (χ0v) is 16.3. The summed E-state index contributed by atoms with van der Waals surface area (Å²) in [5, 5.41) is 25.1. The van der Waals surface area contributed by atoms with Crippen molar-refractivity contribution in [1.29, 1.82) is 0 Å². The number of hydrogen-bond acceptors (Lipinski definition) is 4. The van der Waals surface area contributed by atoms with Gasteiger partial charge in [0.1, 0.15) is 11.5 Å². The molecule has 8 heteroatoms. The van der Waals surface area contributed by atoms with Crippen LogP contribution in [0.4, 0.5) is 0 Å². The molecule has 0 heterocycles. The minimum atomic E-state index is -2.31. The van der Waals surface area contributed by atoms with Gasteiger partial charge in [-0.1, -0.05) is 60.2 Å². The van der Waals surface area contributed by atoms with Crippen molar-refractivity contribution in [2.24, 2.45) is 0 Å². The maximum absolute atomic E-state index is 13.2. The molecule has 0 spiro atoms. The first-order chi connectivity index (χ1) is 10.8. The Morgan fingerprint density at radius 3 is 1.92 bits per heavy atom. The van der Waals surface area contributed by atoms with Gasteiger partial charge in [-0.2, -0.15) is 0 Å². The molecule has 1 aliphatic rings. The molecule has 122 valence electrons. The van der Waals surface area contributed by atoms with E-state index in [1.807, 2.05) is 6.07 Å². The zero-order chi connectivity index (χ0) is 17.3. The predicted octanol–water partition coefficient (Wildman–Crippen LogP) is -4.53. The normalized spacial score (nSPS) is 25.2. The quantitative estimate of drug-likeness (QED) is 0.391. The summed E-state index contributed by atoms with van der Waals surface area (Å²) in [6, 6.07) is 8.88. The molecule has 0 N–H and O–H groups in total. The van der Waals surface area contributed by atoms with Crippen LogP contribution in [0.25, 0.3) is 0 Å². The molecule has 1 aromatic carbocycles. The minimum absolute atomic E-state index is 0. The molecule has 25 heavy (non-hydrogen) atoms. The fourth-order valence-electron chi connectivity index (χ4n) is 2.25. The summed E-state index contributed by atoms with van der Waals surface area (Å²) in [5.41, 5.74) is -3.70.